The average molecular weight is 428 g/mol. The molecule has 0 fully saturated rings. The number of para-hydroxylation sites is 2. The molecule has 30 heavy (non-hydrogen) atoms. The Bertz CT molecular complexity index is 1130. The van der Waals surface area contributed by atoms with E-state index < -0.39 is 15.8 Å². The van der Waals surface area contributed by atoms with E-state index in [-0.39, 0.29) is 12.5 Å². The zero-order valence-electron chi connectivity index (χ0n) is 16.5. The van der Waals surface area contributed by atoms with E-state index in [0.29, 0.717) is 28.3 Å². The number of ether oxygens (including phenoxy) is 1. The summed E-state index contributed by atoms with van der Waals surface area (Å²) in [6.45, 7) is 0.0475. The third-order valence-corrected chi connectivity index (χ3v) is 5.55. The minimum atomic E-state index is -3.59. The molecule has 1 amide bonds. The average Bonchev–Trinajstić information content (AvgIpc) is 2.73. The Morgan fingerprint density at radius 3 is 2.23 bits per heavy atom. The van der Waals surface area contributed by atoms with Gasteiger partial charge in [0.15, 0.2) is 0 Å². The SMILES string of the molecule is COc1ccccc1NC(=O)c1ccc(N(Cc2ccc(F)cc2)S(C)(=O)=O)cc1. The highest BCUT2D eigenvalue weighted by atomic mass is 32.2. The van der Waals surface area contributed by atoms with Crippen LogP contribution in [0.25, 0.3) is 0 Å². The fourth-order valence-electron chi connectivity index (χ4n) is 2.88. The third kappa shape index (κ3) is 5.15. The van der Waals surface area contributed by atoms with Gasteiger partial charge >= 0.3 is 0 Å². The van der Waals surface area contributed by atoms with Crippen molar-refractivity contribution in [3.8, 4) is 5.75 Å². The summed E-state index contributed by atoms with van der Waals surface area (Å²) in [6, 6.07) is 18.9. The Balaban J connectivity index is 1.81. The summed E-state index contributed by atoms with van der Waals surface area (Å²) in [7, 11) is -2.08. The number of amides is 1. The molecule has 0 atom stereocenters. The number of carbonyl (C=O) groups excluding carboxylic acids is 1. The van der Waals surface area contributed by atoms with Crippen molar-refractivity contribution in [2.75, 3.05) is 23.0 Å². The minimum absolute atomic E-state index is 0.0475. The topological polar surface area (TPSA) is 75.7 Å². The van der Waals surface area contributed by atoms with Gasteiger partial charge in [-0.05, 0) is 54.1 Å². The predicted molar refractivity (Wildman–Crippen MR) is 115 cm³/mol. The van der Waals surface area contributed by atoms with Gasteiger partial charge in [0.2, 0.25) is 10.0 Å². The van der Waals surface area contributed by atoms with Crippen LogP contribution in [-0.2, 0) is 16.6 Å². The number of nitrogens with zero attached hydrogens (tertiary/aromatic N) is 1. The van der Waals surface area contributed by atoms with Gasteiger partial charge in [0, 0.05) is 5.56 Å². The van der Waals surface area contributed by atoms with Crippen molar-refractivity contribution < 1.29 is 22.3 Å². The summed E-state index contributed by atoms with van der Waals surface area (Å²) >= 11 is 0. The van der Waals surface area contributed by atoms with Gasteiger partial charge in [-0.3, -0.25) is 9.10 Å². The second-order valence-electron chi connectivity index (χ2n) is 6.60. The highest BCUT2D eigenvalue weighted by molar-refractivity contribution is 7.92. The fourth-order valence-corrected chi connectivity index (χ4v) is 3.77. The lowest BCUT2D eigenvalue weighted by Crippen LogP contribution is -2.29. The highest BCUT2D eigenvalue weighted by Crippen LogP contribution is 2.25. The van der Waals surface area contributed by atoms with E-state index in [1.54, 1.807) is 48.5 Å². The van der Waals surface area contributed by atoms with Gasteiger partial charge in [-0.1, -0.05) is 24.3 Å². The Hall–Kier alpha value is -3.39. The molecule has 0 saturated heterocycles. The molecule has 0 bridgehead atoms. The molecule has 8 heteroatoms. The molecule has 0 aliphatic heterocycles. The molecular weight excluding hydrogens is 407 g/mol. The third-order valence-electron chi connectivity index (χ3n) is 4.41. The van der Waals surface area contributed by atoms with Gasteiger partial charge in [0.1, 0.15) is 11.6 Å². The van der Waals surface area contributed by atoms with Crippen molar-refractivity contribution in [3.05, 3.63) is 89.7 Å². The first-order valence-electron chi connectivity index (χ1n) is 9.04. The fraction of sp³-hybridized carbons (Fsp3) is 0.136. The van der Waals surface area contributed by atoms with Gasteiger partial charge in [-0.2, -0.15) is 0 Å². The predicted octanol–water partition coefficient (Wildman–Crippen LogP) is 4.05. The molecule has 0 aliphatic rings. The van der Waals surface area contributed by atoms with Crippen LogP contribution in [0, 0.1) is 5.82 Å². The second-order valence-corrected chi connectivity index (χ2v) is 8.50. The zero-order valence-corrected chi connectivity index (χ0v) is 17.3. The van der Waals surface area contributed by atoms with E-state index in [9.17, 15) is 17.6 Å². The molecule has 0 spiro atoms. The zero-order chi connectivity index (χ0) is 21.7. The Labute approximate surface area is 175 Å². The number of anilines is 2. The maximum atomic E-state index is 13.1. The van der Waals surface area contributed by atoms with E-state index in [1.807, 2.05) is 0 Å². The van der Waals surface area contributed by atoms with Crippen LogP contribution in [0.2, 0.25) is 0 Å². The van der Waals surface area contributed by atoms with Gasteiger partial charge in [-0.15, -0.1) is 0 Å². The number of carbonyl (C=O) groups is 1. The number of rotatable bonds is 7. The lowest BCUT2D eigenvalue weighted by molar-refractivity contribution is 0.102. The normalized spacial score (nSPS) is 11.0. The number of nitrogens with one attached hydrogen (secondary N) is 1. The first-order chi connectivity index (χ1) is 14.3. The van der Waals surface area contributed by atoms with Crippen LogP contribution in [0.5, 0.6) is 5.75 Å². The van der Waals surface area contributed by atoms with Gasteiger partial charge < -0.3 is 10.1 Å². The molecule has 3 aromatic rings. The number of hydrogen-bond donors (Lipinski definition) is 1. The number of methoxy groups -OCH3 is 1. The van der Waals surface area contributed by atoms with Crippen LogP contribution < -0.4 is 14.4 Å². The molecule has 6 nitrogen and oxygen atoms in total. The molecule has 0 unspecified atom stereocenters. The number of benzene rings is 3. The summed E-state index contributed by atoms with van der Waals surface area (Å²) in [4.78, 5) is 12.5. The van der Waals surface area contributed by atoms with Crippen LogP contribution in [-0.4, -0.2) is 27.7 Å². The van der Waals surface area contributed by atoms with Crippen molar-refractivity contribution in [2.24, 2.45) is 0 Å². The smallest absolute Gasteiger partial charge is 0.255 e. The lowest BCUT2D eigenvalue weighted by atomic mass is 10.1. The van der Waals surface area contributed by atoms with Crippen molar-refractivity contribution in [3.63, 3.8) is 0 Å². The Morgan fingerprint density at radius 2 is 1.63 bits per heavy atom. The molecule has 0 aliphatic carbocycles. The van der Waals surface area contributed by atoms with Gasteiger partial charge in [-0.25, -0.2) is 12.8 Å². The van der Waals surface area contributed by atoms with Crippen molar-refractivity contribution in [1.82, 2.24) is 0 Å². The molecule has 3 rings (SSSR count). The van der Waals surface area contributed by atoms with Crippen LogP contribution in [0.1, 0.15) is 15.9 Å². The highest BCUT2D eigenvalue weighted by Gasteiger charge is 2.19. The summed E-state index contributed by atoms with van der Waals surface area (Å²) < 4.78 is 44.1. The van der Waals surface area contributed by atoms with Crippen LogP contribution in [0.4, 0.5) is 15.8 Å². The van der Waals surface area contributed by atoms with E-state index in [0.717, 1.165) is 6.26 Å². The molecule has 3 aromatic carbocycles. The summed E-state index contributed by atoms with van der Waals surface area (Å²) in [6.07, 6.45) is 1.10. The maximum absolute atomic E-state index is 13.1. The first kappa shape index (κ1) is 21.3. The lowest BCUT2D eigenvalue weighted by Gasteiger charge is -2.22. The van der Waals surface area contributed by atoms with Crippen molar-refractivity contribution >= 4 is 27.3 Å². The van der Waals surface area contributed by atoms with E-state index in [2.05, 4.69) is 5.32 Å². The van der Waals surface area contributed by atoms with Crippen LogP contribution in [0.3, 0.4) is 0 Å². The number of sulfonamides is 1. The number of hydrogen-bond acceptors (Lipinski definition) is 4. The van der Waals surface area contributed by atoms with Crippen molar-refractivity contribution in [2.45, 2.75) is 6.54 Å². The summed E-state index contributed by atoms with van der Waals surface area (Å²) in [5, 5.41) is 2.77. The molecule has 0 aromatic heterocycles. The van der Waals surface area contributed by atoms with Gasteiger partial charge in [0.05, 0.1) is 31.3 Å². The van der Waals surface area contributed by atoms with E-state index in [4.69, 9.17) is 4.74 Å². The molecule has 0 saturated carbocycles. The van der Waals surface area contributed by atoms with Crippen molar-refractivity contribution in [1.29, 1.82) is 0 Å². The van der Waals surface area contributed by atoms with E-state index >= 15 is 0 Å². The summed E-state index contributed by atoms with van der Waals surface area (Å²) in [5.41, 5.74) is 1.93. The number of halogens is 1. The molecule has 0 radical (unpaired) electrons. The van der Waals surface area contributed by atoms with E-state index in [1.165, 1.54) is 35.7 Å². The molecular formula is C22H21FN2O4S. The molecule has 1 N–H and O–H groups in total. The molecule has 0 heterocycles. The second kappa shape index (κ2) is 8.96. The van der Waals surface area contributed by atoms with Crippen LogP contribution in [0.15, 0.2) is 72.8 Å². The standard InChI is InChI=1S/C22H21FN2O4S/c1-29-21-6-4-3-5-20(21)24-22(26)17-9-13-19(14-10-17)25(30(2,27)28)15-16-7-11-18(23)12-8-16/h3-14H,15H2,1-2H3,(H,24,26). The monoisotopic (exact) mass is 428 g/mol. The summed E-state index contributed by atoms with van der Waals surface area (Å²) in [5.74, 6) is -0.212. The quantitative estimate of drug-likeness (QED) is 0.616. The first-order valence-corrected chi connectivity index (χ1v) is 10.9. The largest absolute Gasteiger partial charge is 0.495 e. The van der Waals surface area contributed by atoms with Crippen LogP contribution >= 0.6 is 0 Å². The maximum Gasteiger partial charge on any atom is 0.255 e. The minimum Gasteiger partial charge on any atom is -0.495 e. The Kier molecular flexibility index (Phi) is 6.37. The molecule has 156 valence electrons. The Morgan fingerprint density at radius 1 is 1.00 bits per heavy atom. The van der Waals surface area contributed by atoms with Gasteiger partial charge in [0.25, 0.3) is 5.91 Å².